The van der Waals surface area contributed by atoms with Gasteiger partial charge in [0.15, 0.2) is 0 Å². The first kappa shape index (κ1) is 39.3. The maximum Gasteiger partial charge on any atom is 0.408 e. The fraction of sp³-hybridized carbons (Fsp3) is 0.500. The number of likely N-dealkylation sites (N-methyl/N-ethyl adjacent to an activating group) is 2. The Kier molecular flexibility index (Phi) is 13.6. The van der Waals surface area contributed by atoms with E-state index < -0.39 is 35.2 Å². The molecule has 51 heavy (non-hydrogen) atoms. The first-order chi connectivity index (χ1) is 24.1. The smallest absolute Gasteiger partial charge is 0.408 e. The first-order valence-corrected chi connectivity index (χ1v) is 17.6. The summed E-state index contributed by atoms with van der Waals surface area (Å²) in [7, 11) is 3.20. The highest BCUT2D eigenvalue weighted by Crippen LogP contribution is 2.21. The second kappa shape index (κ2) is 17.6. The molecule has 3 aromatic rings. The van der Waals surface area contributed by atoms with E-state index in [0.717, 1.165) is 34.7 Å². The van der Waals surface area contributed by atoms with E-state index in [1.807, 2.05) is 72.8 Å². The van der Waals surface area contributed by atoms with Crippen LogP contribution in [0.2, 0.25) is 0 Å². The average molecular weight is 703 g/mol. The number of nitrogens with one attached hydrogen (secondary N) is 2. The van der Waals surface area contributed by atoms with Gasteiger partial charge in [-0.1, -0.05) is 72.8 Å². The molecular formula is C40H54N4O7. The summed E-state index contributed by atoms with van der Waals surface area (Å²) < 4.78 is 16.9. The fourth-order valence-electron chi connectivity index (χ4n) is 6.03. The van der Waals surface area contributed by atoms with Crippen LogP contribution in [-0.2, 0) is 41.4 Å². The van der Waals surface area contributed by atoms with Gasteiger partial charge in [0, 0.05) is 40.1 Å². The molecule has 3 aromatic carbocycles. The predicted octanol–water partition coefficient (Wildman–Crippen LogP) is 4.89. The minimum atomic E-state index is -0.940. The van der Waals surface area contributed by atoms with Crippen LogP contribution in [0.3, 0.4) is 0 Å². The zero-order valence-corrected chi connectivity index (χ0v) is 31.1. The van der Waals surface area contributed by atoms with Gasteiger partial charge in [-0.2, -0.15) is 0 Å². The molecule has 0 saturated carbocycles. The molecule has 0 bridgehead atoms. The molecule has 4 amide bonds. The van der Waals surface area contributed by atoms with Crippen LogP contribution in [0.1, 0.15) is 58.6 Å². The van der Waals surface area contributed by atoms with E-state index in [1.165, 1.54) is 9.80 Å². The standard InChI is InChI=1S/C40H54N4O7/c1-39(2,3)51-38(48)42-40(4,5)27-49-26-35(45)43(6)34(24-29-19-20-30-16-11-12-17-31(30)22-29)37(47)44(7)33(23-28-14-9-8-10-15-28)36(46)41-25-32-18-13-21-50-32/h8-12,14-17,19-20,22,32-34H,13,18,21,23-27H2,1-7H3,(H,41,46)(H,42,48). The van der Waals surface area contributed by atoms with Crippen LogP contribution in [0.4, 0.5) is 4.79 Å². The predicted molar refractivity (Wildman–Crippen MR) is 197 cm³/mol. The summed E-state index contributed by atoms with van der Waals surface area (Å²) >= 11 is 0. The Morgan fingerprint density at radius 1 is 0.843 bits per heavy atom. The largest absolute Gasteiger partial charge is 0.444 e. The molecule has 3 unspecified atom stereocenters. The number of hydrogen-bond donors (Lipinski definition) is 2. The van der Waals surface area contributed by atoms with Crippen molar-refractivity contribution < 1.29 is 33.4 Å². The van der Waals surface area contributed by atoms with Crippen LogP contribution in [-0.4, -0.2) is 103 Å². The van der Waals surface area contributed by atoms with Crippen molar-refractivity contribution >= 4 is 34.6 Å². The lowest BCUT2D eigenvalue weighted by Gasteiger charge is -2.35. The Hall–Kier alpha value is -4.48. The highest BCUT2D eigenvalue weighted by molar-refractivity contribution is 5.93. The Balaban J connectivity index is 1.54. The molecule has 0 aliphatic carbocycles. The summed E-state index contributed by atoms with van der Waals surface area (Å²) in [6, 6.07) is 21.7. The van der Waals surface area contributed by atoms with Crippen molar-refractivity contribution in [3.05, 3.63) is 83.9 Å². The molecule has 0 radical (unpaired) electrons. The van der Waals surface area contributed by atoms with Crippen molar-refractivity contribution in [1.82, 2.24) is 20.4 Å². The maximum atomic E-state index is 14.5. The Morgan fingerprint density at radius 2 is 1.51 bits per heavy atom. The molecule has 11 heteroatoms. The number of fused-ring (bicyclic) bond motifs is 1. The van der Waals surface area contributed by atoms with Crippen LogP contribution in [0.5, 0.6) is 0 Å². The summed E-state index contributed by atoms with van der Waals surface area (Å²) in [5, 5.41) is 7.86. The first-order valence-electron chi connectivity index (χ1n) is 17.6. The summed E-state index contributed by atoms with van der Waals surface area (Å²) in [5.74, 6) is -1.08. The number of hydrogen-bond acceptors (Lipinski definition) is 7. The number of nitrogens with zero attached hydrogens (tertiary/aromatic N) is 2. The zero-order chi connectivity index (χ0) is 37.2. The van der Waals surface area contributed by atoms with Crippen molar-refractivity contribution in [1.29, 1.82) is 0 Å². The molecule has 2 N–H and O–H groups in total. The second-order valence-electron chi connectivity index (χ2n) is 14.9. The molecule has 0 spiro atoms. The van der Waals surface area contributed by atoms with Crippen molar-refractivity contribution in [3.8, 4) is 0 Å². The van der Waals surface area contributed by atoms with Crippen LogP contribution in [0, 0.1) is 0 Å². The number of alkyl carbamates (subject to hydrolysis) is 1. The molecule has 1 saturated heterocycles. The molecule has 0 aromatic heterocycles. The van der Waals surface area contributed by atoms with E-state index in [0.29, 0.717) is 19.6 Å². The van der Waals surface area contributed by atoms with Gasteiger partial charge in [-0.05, 0) is 69.4 Å². The fourth-order valence-corrected chi connectivity index (χ4v) is 6.03. The SMILES string of the molecule is CN(C(=O)COCC(C)(C)NC(=O)OC(C)(C)C)C(Cc1ccc2ccccc2c1)C(=O)N(C)C(Cc1ccccc1)C(=O)NCC1CCCO1. The Morgan fingerprint density at radius 3 is 2.18 bits per heavy atom. The molecule has 11 nitrogen and oxygen atoms in total. The van der Waals surface area contributed by atoms with Crippen molar-refractivity contribution in [2.45, 2.75) is 89.6 Å². The molecule has 3 atom stereocenters. The number of carbonyl (C=O) groups excluding carboxylic acids is 4. The average Bonchev–Trinajstić information content (AvgIpc) is 3.60. The quantitative estimate of drug-likeness (QED) is 0.231. The second-order valence-corrected chi connectivity index (χ2v) is 14.9. The van der Waals surface area contributed by atoms with Crippen molar-refractivity contribution in [2.24, 2.45) is 0 Å². The third-order valence-electron chi connectivity index (χ3n) is 8.83. The van der Waals surface area contributed by atoms with Gasteiger partial charge in [0.05, 0.1) is 18.2 Å². The third-order valence-corrected chi connectivity index (χ3v) is 8.83. The topological polar surface area (TPSA) is 127 Å². The Bertz CT molecular complexity index is 1630. The molecule has 4 rings (SSSR count). The van der Waals surface area contributed by atoms with Gasteiger partial charge in [0.25, 0.3) is 0 Å². The minimum Gasteiger partial charge on any atom is -0.444 e. The minimum absolute atomic E-state index is 0.0268. The summed E-state index contributed by atoms with van der Waals surface area (Å²) in [6.45, 7) is 9.60. The van der Waals surface area contributed by atoms with Gasteiger partial charge < -0.3 is 34.6 Å². The molecule has 276 valence electrons. The molecule has 1 heterocycles. The highest BCUT2D eigenvalue weighted by Gasteiger charge is 2.36. The van der Waals surface area contributed by atoms with Gasteiger partial charge in [0.2, 0.25) is 17.7 Å². The molecule has 1 aliphatic rings. The lowest BCUT2D eigenvalue weighted by Crippen LogP contribution is -2.57. The number of benzene rings is 3. The van der Waals surface area contributed by atoms with E-state index in [2.05, 4.69) is 10.6 Å². The van der Waals surface area contributed by atoms with E-state index in [-0.39, 0.29) is 37.6 Å². The normalized spacial score (nSPS) is 15.9. The lowest BCUT2D eigenvalue weighted by molar-refractivity contribution is -0.149. The monoisotopic (exact) mass is 702 g/mol. The van der Waals surface area contributed by atoms with Gasteiger partial charge in [-0.3, -0.25) is 14.4 Å². The Labute approximate surface area is 302 Å². The van der Waals surface area contributed by atoms with Crippen LogP contribution < -0.4 is 10.6 Å². The maximum absolute atomic E-state index is 14.5. The molecule has 1 fully saturated rings. The summed E-state index contributed by atoms with van der Waals surface area (Å²) in [4.78, 5) is 57.2. The summed E-state index contributed by atoms with van der Waals surface area (Å²) in [5.41, 5.74) is 0.278. The van der Waals surface area contributed by atoms with E-state index in [9.17, 15) is 19.2 Å². The van der Waals surface area contributed by atoms with E-state index in [1.54, 1.807) is 48.7 Å². The third kappa shape index (κ3) is 12.1. The number of amides is 4. The van der Waals surface area contributed by atoms with E-state index >= 15 is 0 Å². The van der Waals surface area contributed by atoms with E-state index in [4.69, 9.17) is 14.2 Å². The van der Waals surface area contributed by atoms with Gasteiger partial charge >= 0.3 is 6.09 Å². The van der Waals surface area contributed by atoms with Crippen LogP contribution in [0.15, 0.2) is 72.8 Å². The molecular weight excluding hydrogens is 648 g/mol. The number of rotatable bonds is 15. The lowest BCUT2D eigenvalue weighted by atomic mass is 9.98. The van der Waals surface area contributed by atoms with Gasteiger partial charge in [0.1, 0.15) is 24.3 Å². The van der Waals surface area contributed by atoms with Crippen molar-refractivity contribution in [3.63, 3.8) is 0 Å². The number of carbonyl (C=O) groups is 4. The molecule has 1 aliphatic heterocycles. The summed E-state index contributed by atoms with van der Waals surface area (Å²) in [6.07, 6.45) is 1.69. The number of ether oxygens (including phenoxy) is 3. The zero-order valence-electron chi connectivity index (χ0n) is 31.1. The van der Waals surface area contributed by atoms with Crippen LogP contribution in [0.25, 0.3) is 10.8 Å². The van der Waals surface area contributed by atoms with Gasteiger partial charge in [-0.15, -0.1) is 0 Å². The van der Waals surface area contributed by atoms with Gasteiger partial charge in [-0.25, -0.2) is 4.79 Å². The highest BCUT2D eigenvalue weighted by atomic mass is 16.6. The van der Waals surface area contributed by atoms with Crippen molar-refractivity contribution in [2.75, 3.05) is 40.5 Å². The van der Waals surface area contributed by atoms with Crippen LogP contribution >= 0.6 is 0 Å².